The van der Waals surface area contributed by atoms with Gasteiger partial charge in [0.15, 0.2) is 0 Å². The molecule has 0 radical (unpaired) electrons. The highest BCUT2D eigenvalue weighted by Crippen LogP contribution is 2.35. The van der Waals surface area contributed by atoms with Crippen LogP contribution in [0.5, 0.6) is 0 Å². The minimum Gasteiger partial charge on any atom is -0.466 e. The molecule has 0 spiro atoms. The van der Waals surface area contributed by atoms with E-state index < -0.39 is 0 Å². The molecule has 0 aliphatic carbocycles. The molecule has 0 aliphatic rings. The second kappa shape index (κ2) is 14.7. The highest BCUT2D eigenvalue weighted by Gasteiger charge is 2.23. The minimum atomic E-state index is -0.0835. The van der Waals surface area contributed by atoms with Crippen molar-refractivity contribution in [3.05, 3.63) is 59.7 Å². The quantitative estimate of drug-likeness (QED) is 0.102. The third-order valence-electron chi connectivity index (χ3n) is 8.25. The second-order valence-corrected chi connectivity index (χ2v) is 12.6. The predicted octanol–water partition coefficient (Wildman–Crippen LogP) is 9.58. The summed E-state index contributed by atoms with van der Waals surface area (Å²) in [6.07, 6.45) is 8.38. The van der Waals surface area contributed by atoms with Crippen LogP contribution in [0.2, 0.25) is 0 Å². The van der Waals surface area contributed by atoms with Crippen molar-refractivity contribution in [2.24, 2.45) is 0 Å². The van der Waals surface area contributed by atoms with Crippen molar-refractivity contribution < 1.29 is 19.1 Å². The van der Waals surface area contributed by atoms with Gasteiger partial charge < -0.3 is 9.47 Å². The number of ether oxygens (including phenoxy) is 2. The molecular weight excluding hydrogens is 496 g/mol. The van der Waals surface area contributed by atoms with Gasteiger partial charge in [0, 0.05) is 12.8 Å². The number of fused-ring (bicyclic) bond motifs is 2. The molecule has 0 atom stereocenters. The fourth-order valence-electron chi connectivity index (χ4n) is 5.28. The summed E-state index contributed by atoms with van der Waals surface area (Å²) in [6, 6.07) is 18.1. The lowest BCUT2D eigenvalue weighted by Crippen LogP contribution is -2.18. The van der Waals surface area contributed by atoms with Crippen molar-refractivity contribution in [1.29, 1.82) is 0 Å². The van der Waals surface area contributed by atoms with Crippen molar-refractivity contribution in [2.45, 2.75) is 117 Å². The molecule has 0 aromatic heterocycles. The van der Waals surface area contributed by atoms with Gasteiger partial charge in [-0.05, 0) is 94.2 Å². The average molecular weight is 547 g/mol. The van der Waals surface area contributed by atoms with Gasteiger partial charge in [0.25, 0.3) is 0 Å². The maximum Gasteiger partial charge on any atom is 0.305 e. The Kier molecular flexibility index (Phi) is 11.6. The first-order chi connectivity index (χ1) is 19.1. The topological polar surface area (TPSA) is 52.6 Å². The summed E-state index contributed by atoms with van der Waals surface area (Å²) >= 11 is 0. The fourth-order valence-corrected chi connectivity index (χ4v) is 5.28. The van der Waals surface area contributed by atoms with E-state index in [-0.39, 0.29) is 22.8 Å². The van der Waals surface area contributed by atoms with E-state index in [9.17, 15) is 9.59 Å². The van der Waals surface area contributed by atoms with E-state index in [2.05, 4.69) is 90.1 Å². The van der Waals surface area contributed by atoms with Gasteiger partial charge in [0.2, 0.25) is 0 Å². The van der Waals surface area contributed by atoms with Gasteiger partial charge in [-0.3, -0.25) is 9.59 Å². The van der Waals surface area contributed by atoms with Crippen LogP contribution in [0.3, 0.4) is 0 Å². The molecule has 4 heteroatoms. The van der Waals surface area contributed by atoms with Crippen LogP contribution in [0.25, 0.3) is 21.5 Å². The van der Waals surface area contributed by atoms with E-state index >= 15 is 0 Å². The number of benzene rings is 3. The van der Waals surface area contributed by atoms with Gasteiger partial charge in [0.1, 0.15) is 0 Å². The molecule has 0 amide bonds. The van der Waals surface area contributed by atoms with Gasteiger partial charge in [-0.25, -0.2) is 0 Å². The van der Waals surface area contributed by atoms with Crippen LogP contribution in [-0.4, -0.2) is 25.2 Å². The fraction of sp³-hybridized carbons (Fsp3) is 0.556. The molecule has 0 bridgehead atoms. The number of hydrogen-bond acceptors (Lipinski definition) is 4. The smallest absolute Gasteiger partial charge is 0.305 e. The summed E-state index contributed by atoms with van der Waals surface area (Å²) in [5, 5.41) is 4.95. The lowest BCUT2D eigenvalue weighted by Gasteiger charge is -2.26. The van der Waals surface area contributed by atoms with Crippen LogP contribution in [-0.2, 0) is 29.9 Å². The predicted molar refractivity (Wildman–Crippen MR) is 167 cm³/mol. The van der Waals surface area contributed by atoms with Crippen molar-refractivity contribution >= 4 is 33.5 Å². The summed E-state index contributed by atoms with van der Waals surface area (Å²) in [6.45, 7) is 14.3. The first kappa shape index (κ1) is 31.6. The minimum absolute atomic E-state index is 0.0334. The SMILES string of the molecule is CCCCOC(=O)CCCC(C)(C)c1ccc2cc3ccc(C(C)(C)CCCC(=O)OCCCC)cc3cc2c1. The number of carbonyl (C=O) groups excluding carboxylic acids is 2. The summed E-state index contributed by atoms with van der Waals surface area (Å²) in [5.41, 5.74) is 2.52. The largest absolute Gasteiger partial charge is 0.466 e. The van der Waals surface area contributed by atoms with Gasteiger partial charge in [-0.2, -0.15) is 0 Å². The molecule has 3 rings (SSSR count). The summed E-state index contributed by atoms with van der Waals surface area (Å²) in [4.78, 5) is 24.1. The molecule has 218 valence electrons. The Bertz CT molecular complexity index is 1180. The van der Waals surface area contributed by atoms with Crippen LogP contribution in [0.15, 0.2) is 48.5 Å². The first-order valence-electron chi connectivity index (χ1n) is 15.4. The Labute approximate surface area is 241 Å². The van der Waals surface area contributed by atoms with Gasteiger partial charge >= 0.3 is 11.9 Å². The molecule has 0 fully saturated rings. The highest BCUT2D eigenvalue weighted by molar-refractivity contribution is 5.98. The van der Waals surface area contributed by atoms with Gasteiger partial charge in [-0.15, -0.1) is 0 Å². The van der Waals surface area contributed by atoms with E-state index in [1.165, 1.54) is 32.7 Å². The van der Waals surface area contributed by atoms with Crippen LogP contribution >= 0.6 is 0 Å². The molecule has 3 aromatic carbocycles. The number of hydrogen-bond donors (Lipinski definition) is 0. The van der Waals surface area contributed by atoms with Crippen LogP contribution in [0.1, 0.15) is 117 Å². The summed E-state index contributed by atoms with van der Waals surface area (Å²) < 4.78 is 10.7. The van der Waals surface area contributed by atoms with Crippen LogP contribution in [0, 0.1) is 0 Å². The third-order valence-corrected chi connectivity index (χ3v) is 8.25. The number of rotatable bonds is 16. The lowest BCUT2D eigenvalue weighted by atomic mass is 9.78. The normalized spacial score (nSPS) is 12.2. The first-order valence-corrected chi connectivity index (χ1v) is 15.4. The molecule has 0 aliphatic heterocycles. The maximum absolute atomic E-state index is 12.0. The number of esters is 2. The maximum atomic E-state index is 12.0. The molecule has 40 heavy (non-hydrogen) atoms. The summed E-state index contributed by atoms with van der Waals surface area (Å²) in [7, 11) is 0. The number of carbonyl (C=O) groups is 2. The average Bonchev–Trinajstić information content (AvgIpc) is 2.91. The van der Waals surface area contributed by atoms with Crippen molar-refractivity contribution in [3.63, 3.8) is 0 Å². The molecule has 3 aromatic rings. The third kappa shape index (κ3) is 9.08. The second-order valence-electron chi connectivity index (χ2n) is 12.6. The standard InChI is InChI=1S/C36H50O4/c1-7-9-21-39-33(37)13-11-19-35(3,4)31-17-15-27-23-28-16-18-32(26-30(28)24-29(27)25-31)36(5,6)20-12-14-34(38)40-22-10-8-2/h15-18,23-26H,7-14,19-22H2,1-6H3. The summed E-state index contributed by atoms with van der Waals surface area (Å²) in [5.74, 6) is -0.167. The van der Waals surface area contributed by atoms with E-state index in [0.717, 1.165) is 51.4 Å². The zero-order valence-corrected chi connectivity index (χ0v) is 25.7. The van der Waals surface area contributed by atoms with E-state index in [4.69, 9.17) is 9.47 Å². The van der Waals surface area contributed by atoms with Crippen LogP contribution in [0.4, 0.5) is 0 Å². The Hall–Kier alpha value is -2.88. The monoisotopic (exact) mass is 546 g/mol. The Morgan fingerprint density at radius 2 is 0.975 bits per heavy atom. The van der Waals surface area contributed by atoms with E-state index in [1.54, 1.807) is 0 Å². The Morgan fingerprint density at radius 3 is 1.38 bits per heavy atom. The highest BCUT2D eigenvalue weighted by atomic mass is 16.5. The molecule has 4 nitrogen and oxygen atoms in total. The van der Waals surface area contributed by atoms with Gasteiger partial charge in [-0.1, -0.05) is 90.8 Å². The number of unbranched alkanes of at least 4 members (excludes halogenated alkanes) is 2. The van der Waals surface area contributed by atoms with Crippen molar-refractivity contribution in [2.75, 3.05) is 13.2 Å². The lowest BCUT2D eigenvalue weighted by molar-refractivity contribution is -0.144. The molecule has 0 N–H and O–H groups in total. The zero-order valence-electron chi connectivity index (χ0n) is 25.7. The van der Waals surface area contributed by atoms with Crippen molar-refractivity contribution in [3.8, 4) is 0 Å². The molecule has 0 heterocycles. The molecular formula is C36H50O4. The zero-order chi connectivity index (χ0) is 29.2. The molecule has 0 saturated carbocycles. The van der Waals surface area contributed by atoms with Crippen molar-refractivity contribution in [1.82, 2.24) is 0 Å². The van der Waals surface area contributed by atoms with E-state index in [1.807, 2.05) is 0 Å². The molecule has 0 unspecified atom stereocenters. The Morgan fingerprint density at radius 1 is 0.575 bits per heavy atom. The van der Waals surface area contributed by atoms with Gasteiger partial charge in [0.05, 0.1) is 13.2 Å². The van der Waals surface area contributed by atoms with Crippen LogP contribution < -0.4 is 0 Å². The van der Waals surface area contributed by atoms with E-state index in [0.29, 0.717) is 26.1 Å². The molecule has 0 saturated heterocycles. The Balaban J connectivity index is 1.69.